The van der Waals surface area contributed by atoms with Gasteiger partial charge in [0.05, 0.1) is 6.61 Å². The molecule has 0 aromatic heterocycles. The van der Waals surface area contributed by atoms with Gasteiger partial charge in [-0.25, -0.2) is 0 Å². The molecule has 0 radical (unpaired) electrons. The first kappa shape index (κ1) is 14.6. The second kappa shape index (κ2) is 7.12. The van der Waals surface area contributed by atoms with Gasteiger partial charge < -0.3 is 10.5 Å². The fourth-order valence-electron chi connectivity index (χ4n) is 1.89. The van der Waals surface area contributed by atoms with Gasteiger partial charge in [-0.15, -0.1) is 11.8 Å². The average molecular weight is 287 g/mol. The molecular formula is C16H17NO2S. The number of carbonyl (C=O) groups excluding carboxylic acids is 1. The first-order chi connectivity index (χ1) is 9.70. The maximum Gasteiger partial charge on any atom is 0.235 e. The summed E-state index contributed by atoms with van der Waals surface area (Å²) in [5.74, 6) is -0.331. The zero-order chi connectivity index (χ0) is 14.4. The summed E-state index contributed by atoms with van der Waals surface area (Å²) >= 11 is 1.46. The number of thioether (sulfide) groups is 1. The van der Waals surface area contributed by atoms with Crippen LogP contribution in [0.2, 0.25) is 0 Å². The lowest BCUT2D eigenvalue weighted by Gasteiger charge is -2.13. The molecule has 20 heavy (non-hydrogen) atoms. The molecule has 0 saturated heterocycles. The van der Waals surface area contributed by atoms with Crippen LogP contribution >= 0.6 is 11.8 Å². The standard InChI is InChI=1S/C16H17NO2S/c1-19-11-12-7-9-14(10-8-12)20-15(16(17)18)13-5-3-2-4-6-13/h2-10,15H,11H2,1H3,(H2,17,18). The zero-order valence-electron chi connectivity index (χ0n) is 11.3. The van der Waals surface area contributed by atoms with Gasteiger partial charge in [-0.3, -0.25) is 4.79 Å². The largest absolute Gasteiger partial charge is 0.380 e. The number of rotatable bonds is 6. The highest BCUT2D eigenvalue weighted by Gasteiger charge is 2.18. The Labute approximate surface area is 123 Å². The molecule has 0 bridgehead atoms. The number of primary amides is 1. The molecule has 1 unspecified atom stereocenters. The van der Waals surface area contributed by atoms with Crippen LogP contribution in [0.15, 0.2) is 59.5 Å². The molecule has 3 nitrogen and oxygen atoms in total. The molecule has 1 amide bonds. The molecule has 0 aliphatic rings. The number of ether oxygens (including phenoxy) is 1. The van der Waals surface area contributed by atoms with Crippen molar-refractivity contribution in [2.75, 3.05) is 7.11 Å². The molecule has 1 atom stereocenters. The Morgan fingerprint density at radius 1 is 1.15 bits per heavy atom. The number of hydrogen-bond acceptors (Lipinski definition) is 3. The van der Waals surface area contributed by atoms with E-state index in [0.29, 0.717) is 6.61 Å². The van der Waals surface area contributed by atoms with Crippen molar-refractivity contribution in [2.24, 2.45) is 5.73 Å². The van der Waals surface area contributed by atoms with E-state index in [0.717, 1.165) is 16.0 Å². The van der Waals surface area contributed by atoms with Gasteiger partial charge in [-0.2, -0.15) is 0 Å². The van der Waals surface area contributed by atoms with Gasteiger partial charge in [0.2, 0.25) is 5.91 Å². The number of hydrogen-bond donors (Lipinski definition) is 1. The summed E-state index contributed by atoms with van der Waals surface area (Å²) in [6.45, 7) is 0.586. The number of benzene rings is 2. The third-order valence-corrected chi connectivity index (χ3v) is 4.13. The molecule has 0 heterocycles. The van der Waals surface area contributed by atoms with E-state index in [1.807, 2.05) is 54.6 Å². The van der Waals surface area contributed by atoms with E-state index in [2.05, 4.69) is 0 Å². The molecule has 0 aliphatic heterocycles. The molecule has 0 fully saturated rings. The molecule has 2 aromatic carbocycles. The lowest BCUT2D eigenvalue weighted by molar-refractivity contribution is -0.117. The Kier molecular flexibility index (Phi) is 5.21. The van der Waals surface area contributed by atoms with E-state index in [-0.39, 0.29) is 11.2 Å². The maximum absolute atomic E-state index is 11.7. The molecule has 104 valence electrons. The fraction of sp³-hybridized carbons (Fsp3) is 0.188. The topological polar surface area (TPSA) is 52.3 Å². The van der Waals surface area contributed by atoms with Crippen LogP contribution in [-0.4, -0.2) is 13.0 Å². The second-order valence-corrected chi connectivity index (χ2v) is 5.57. The normalized spacial score (nSPS) is 12.1. The molecule has 4 heteroatoms. The molecule has 2 N–H and O–H groups in total. The van der Waals surface area contributed by atoms with Crippen LogP contribution in [0.1, 0.15) is 16.4 Å². The highest BCUT2D eigenvalue weighted by atomic mass is 32.2. The van der Waals surface area contributed by atoms with E-state index in [4.69, 9.17) is 10.5 Å². The Bertz CT molecular complexity index is 554. The zero-order valence-corrected chi connectivity index (χ0v) is 12.1. The van der Waals surface area contributed by atoms with Crippen LogP contribution in [0, 0.1) is 0 Å². The monoisotopic (exact) mass is 287 g/mol. The predicted molar refractivity (Wildman–Crippen MR) is 81.4 cm³/mol. The van der Waals surface area contributed by atoms with Crippen molar-refractivity contribution in [3.63, 3.8) is 0 Å². The third-order valence-electron chi connectivity index (χ3n) is 2.85. The van der Waals surface area contributed by atoms with Gasteiger partial charge in [0.1, 0.15) is 5.25 Å². The minimum absolute atomic E-state index is 0.331. The highest BCUT2D eigenvalue weighted by molar-refractivity contribution is 8.00. The predicted octanol–water partition coefficient (Wildman–Crippen LogP) is 3.15. The summed E-state index contributed by atoms with van der Waals surface area (Å²) in [5.41, 5.74) is 7.54. The summed E-state index contributed by atoms with van der Waals surface area (Å²) in [5, 5.41) is -0.371. The lowest BCUT2D eigenvalue weighted by Crippen LogP contribution is -2.18. The Morgan fingerprint density at radius 3 is 2.35 bits per heavy atom. The first-order valence-corrected chi connectivity index (χ1v) is 7.17. The summed E-state index contributed by atoms with van der Waals surface area (Å²) in [7, 11) is 1.67. The van der Waals surface area contributed by atoms with Gasteiger partial charge in [0.15, 0.2) is 0 Å². The average Bonchev–Trinajstić information content (AvgIpc) is 2.47. The Balaban J connectivity index is 2.14. The highest BCUT2D eigenvalue weighted by Crippen LogP contribution is 2.34. The van der Waals surface area contributed by atoms with Gasteiger partial charge in [-0.05, 0) is 23.3 Å². The number of carbonyl (C=O) groups is 1. The fourth-order valence-corrected chi connectivity index (χ4v) is 2.86. The minimum Gasteiger partial charge on any atom is -0.380 e. The summed E-state index contributed by atoms with van der Waals surface area (Å²) in [6.07, 6.45) is 0. The van der Waals surface area contributed by atoms with Gasteiger partial charge in [0, 0.05) is 12.0 Å². The summed E-state index contributed by atoms with van der Waals surface area (Å²) in [6, 6.07) is 17.5. The maximum atomic E-state index is 11.7. The summed E-state index contributed by atoms with van der Waals surface area (Å²) < 4.78 is 5.08. The van der Waals surface area contributed by atoms with Crippen LogP contribution in [0.5, 0.6) is 0 Å². The van der Waals surface area contributed by atoms with Crippen molar-refractivity contribution in [1.29, 1.82) is 0 Å². The van der Waals surface area contributed by atoms with E-state index in [9.17, 15) is 4.79 Å². The van der Waals surface area contributed by atoms with Crippen molar-refractivity contribution in [2.45, 2.75) is 16.8 Å². The quantitative estimate of drug-likeness (QED) is 0.830. The Hall–Kier alpha value is -1.78. The summed E-state index contributed by atoms with van der Waals surface area (Å²) in [4.78, 5) is 12.7. The third kappa shape index (κ3) is 3.85. The van der Waals surface area contributed by atoms with E-state index >= 15 is 0 Å². The second-order valence-electron chi connectivity index (χ2n) is 4.39. The van der Waals surface area contributed by atoms with Crippen molar-refractivity contribution >= 4 is 17.7 Å². The number of methoxy groups -OCH3 is 1. The smallest absolute Gasteiger partial charge is 0.235 e. The minimum atomic E-state index is -0.371. The van der Waals surface area contributed by atoms with Crippen LogP contribution in [0.3, 0.4) is 0 Å². The Morgan fingerprint density at radius 2 is 1.80 bits per heavy atom. The SMILES string of the molecule is COCc1ccc(SC(C(N)=O)c2ccccc2)cc1. The van der Waals surface area contributed by atoms with Crippen LogP contribution in [0.4, 0.5) is 0 Å². The molecule has 0 aliphatic carbocycles. The van der Waals surface area contributed by atoms with E-state index in [1.165, 1.54) is 11.8 Å². The van der Waals surface area contributed by atoms with E-state index < -0.39 is 0 Å². The van der Waals surface area contributed by atoms with Crippen molar-refractivity contribution < 1.29 is 9.53 Å². The molecule has 2 aromatic rings. The molecular weight excluding hydrogens is 270 g/mol. The number of amides is 1. The van der Waals surface area contributed by atoms with Crippen LogP contribution in [0.25, 0.3) is 0 Å². The first-order valence-electron chi connectivity index (χ1n) is 6.29. The van der Waals surface area contributed by atoms with Gasteiger partial charge in [0.25, 0.3) is 0 Å². The van der Waals surface area contributed by atoms with Crippen molar-refractivity contribution in [1.82, 2.24) is 0 Å². The van der Waals surface area contributed by atoms with Gasteiger partial charge >= 0.3 is 0 Å². The lowest BCUT2D eigenvalue weighted by atomic mass is 10.1. The van der Waals surface area contributed by atoms with Crippen LogP contribution in [-0.2, 0) is 16.1 Å². The van der Waals surface area contributed by atoms with Crippen molar-refractivity contribution in [3.8, 4) is 0 Å². The van der Waals surface area contributed by atoms with Crippen LogP contribution < -0.4 is 5.73 Å². The molecule has 2 rings (SSSR count). The van der Waals surface area contributed by atoms with E-state index in [1.54, 1.807) is 7.11 Å². The van der Waals surface area contributed by atoms with Crippen molar-refractivity contribution in [3.05, 3.63) is 65.7 Å². The molecule has 0 spiro atoms. The van der Waals surface area contributed by atoms with Gasteiger partial charge in [-0.1, -0.05) is 42.5 Å². The number of nitrogens with two attached hydrogens (primary N) is 1. The molecule has 0 saturated carbocycles.